The number of ether oxygens (including phenoxy) is 1. The summed E-state index contributed by atoms with van der Waals surface area (Å²) in [6, 6.07) is 2.81. The van der Waals surface area contributed by atoms with Crippen molar-refractivity contribution in [2.75, 3.05) is 30.8 Å². The van der Waals surface area contributed by atoms with Gasteiger partial charge in [0.15, 0.2) is 11.6 Å². The Morgan fingerprint density at radius 2 is 2.22 bits per heavy atom. The van der Waals surface area contributed by atoms with Gasteiger partial charge in [-0.2, -0.15) is 0 Å². The molecule has 0 aliphatic carbocycles. The molecule has 102 valence electrons. The lowest BCUT2D eigenvalue weighted by Crippen LogP contribution is -2.15. The van der Waals surface area contributed by atoms with Crippen LogP contribution in [0.4, 0.5) is 15.8 Å². The summed E-state index contributed by atoms with van der Waals surface area (Å²) in [4.78, 5) is 0. The van der Waals surface area contributed by atoms with Crippen LogP contribution in [0.25, 0.3) is 0 Å². The molecule has 1 rings (SSSR count). The first kappa shape index (κ1) is 14.6. The number of hydrogen-bond donors (Lipinski definition) is 3. The third-order valence-corrected chi connectivity index (χ3v) is 2.52. The van der Waals surface area contributed by atoms with E-state index in [-0.39, 0.29) is 18.3 Å². The Morgan fingerprint density at radius 1 is 1.50 bits per heavy atom. The van der Waals surface area contributed by atoms with Crippen molar-refractivity contribution in [2.45, 2.75) is 20.3 Å². The van der Waals surface area contributed by atoms with Crippen LogP contribution in [0, 0.1) is 11.7 Å². The van der Waals surface area contributed by atoms with Gasteiger partial charge < -0.3 is 20.9 Å². The van der Waals surface area contributed by atoms with Crippen LogP contribution in [-0.2, 0) is 0 Å². The largest absolute Gasteiger partial charge is 0.490 e. The molecule has 1 aromatic rings. The lowest BCUT2D eigenvalue weighted by Gasteiger charge is -2.15. The summed E-state index contributed by atoms with van der Waals surface area (Å²) in [6.45, 7) is 4.98. The maximum Gasteiger partial charge on any atom is 0.167 e. The minimum atomic E-state index is -0.457. The summed E-state index contributed by atoms with van der Waals surface area (Å²) in [6.07, 6.45) is 0.814. The second-order valence-electron chi connectivity index (χ2n) is 4.39. The number of anilines is 2. The number of nitrogen functional groups attached to an aromatic ring is 1. The van der Waals surface area contributed by atoms with E-state index in [1.165, 1.54) is 6.07 Å². The monoisotopic (exact) mass is 256 g/mol. The molecule has 0 aliphatic heterocycles. The average molecular weight is 256 g/mol. The number of halogens is 1. The van der Waals surface area contributed by atoms with Crippen molar-refractivity contribution in [1.29, 1.82) is 0 Å². The standard InChI is InChI=1S/C13H21FN2O2/c1-3-4-18-13-6-12(11(15)5-10(13)14)16-7-9(2)8-17/h5-6,9,16-17H,3-4,7-8,15H2,1-2H3. The van der Waals surface area contributed by atoms with Crippen LogP contribution in [0.15, 0.2) is 12.1 Å². The number of nitrogens with two attached hydrogens (primary N) is 1. The van der Waals surface area contributed by atoms with Gasteiger partial charge in [0, 0.05) is 25.3 Å². The van der Waals surface area contributed by atoms with Crippen LogP contribution in [0.1, 0.15) is 20.3 Å². The first-order chi connectivity index (χ1) is 8.58. The molecule has 0 spiro atoms. The molecule has 5 heteroatoms. The van der Waals surface area contributed by atoms with Crippen molar-refractivity contribution in [3.8, 4) is 5.75 Å². The molecule has 4 N–H and O–H groups in total. The predicted octanol–water partition coefficient (Wildman–Crippen LogP) is 2.24. The summed E-state index contributed by atoms with van der Waals surface area (Å²) < 4.78 is 18.8. The van der Waals surface area contributed by atoms with Gasteiger partial charge in [0.1, 0.15) is 0 Å². The minimum absolute atomic E-state index is 0.0906. The third-order valence-electron chi connectivity index (χ3n) is 2.52. The molecule has 0 aliphatic rings. The molecule has 0 bridgehead atoms. The van der Waals surface area contributed by atoms with Crippen molar-refractivity contribution in [3.05, 3.63) is 17.9 Å². The van der Waals surface area contributed by atoms with E-state index in [1.54, 1.807) is 6.07 Å². The van der Waals surface area contributed by atoms with E-state index >= 15 is 0 Å². The fourth-order valence-corrected chi connectivity index (χ4v) is 1.39. The van der Waals surface area contributed by atoms with E-state index in [0.717, 1.165) is 6.42 Å². The summed E-state index contributed by atoms with van der Waals surface area (Å²) >= 11 is 0. The zero-order valence-corrected chi connectivity index (χ0v) is 10.9. The molecule has 18 heavy (non-hydrogen) atoms. The molecule has 1 atom stereocenters. The highest BCUT2D eigenvalue weighted by molar-refractivity contribution is 5.68. The lowest BCUT2D eigenvalue weighted by atomic mass is 10.2. The molecule has 0 radical (unpaired) electrons. The van der Waals surface area contributed by atoms with Crippen LogP contribution < -0.4 is 15.8 Å². The minimum Gasteiger partial charge on any atom is -0.490 e. The average Bonchev–Trinajstić information content (AvgIpc) is 2.36. The highest BCUT2D eigenvalue weighted by Gasteiger charge is 2.09. The Balaban J connectivity index is 2.77. The van der Waals surface area contributed by atoms with Crippen LogP contribution in [0.2, 0.25) is 0 Å². The van der Waals surface area contributed by atoms with Crippen LogP contribution >= 0.6 is 0 Å². The number of aliphatic hydroxyl groups is 1. The number of aliphatic hydroxyl groups excluding tert-OH is 1. The van der Waals surface area contributed by atoms with Crippen LogP contribution in [0.3, 0.4) is 0 Å². The highest BCUT2D eigenvalue weighted by atomic mass is 19.1. The van der Waals surface area contributed by atoms with E-state index in [1.807, 2.05) is 13.8 Å². The van der Waals surface area contributed by atoms with Gasteiger partial charge in [-0.15, -0.1) is 0 Å². The van der Waals surface area contributed by atoms with E-state index in [0.29, 0.717) is 24.5 Å². The summed E-state index contributed by atoms with van der Waals surface area (Å²) in [5.74, 6) is -0.152. The summed E-state index contributed by atoms with van der Waals surface area (Å²) in [7, 11) is 0. The van der Waals surface area contributed by atoms with E-state index < -0.39 is 5.82 Å². The van der Waals surface area contributed by atoms with Gasteiger partial charge in [-0.3, -0.25) is 0 Å². The first-order valence-electron chi connectivity index (χ1n) is 6.15. The van der Waals surface area contributed by atoms with Crippen molar-refractivity contribution in [1.82, 2.24) is 0 Å². The lowest BCUT2D eigenvalue weighted by molar-refractivity contribution is 0.244. The molecule has 0 aromatic heterocycles. The molecule has 0 saturated carbocycles. The maximum absolute atomic E-state index is 13.5. The molecule has 0 heterocycles. The van der Waals surface area contributed by atoms with Crippen molar-refractivity contribution < 1.29 is 14.2 Å². The molecule has 0 saturated heterocycles. The Morgan fingerprint density at radius 3 is 2.83 bits per heavy atom. The topological polar surface area (TPSA) is 67.5 Å². The second kappa shape index (κ2) is 7.06. The van der Waals surface area contributed by atoms with Gasteiger partial charge in [-0.05, 0) is 12.3 Å². The second-order valence-corrected chi connectivity index (χ2v) is 4.39. The van der Waals surface area contributed by atoms with Crippen molar-refractivity contribution in [2.24, 2.45) is 5.92 Å². The fourth-order valence-electron chi connectivity index (χ4n) is 1.39. The molecular weight excluding hydrogens is 235 g/mol. The van der Waals surface area contributed by atoms with Gasteiger partial charge in [0.05, 0.1) is 18.0 Å². The quantitative estimate of drug-likeness (QED) is 0.654. The highest BCUT2D eigenvalue weighted by Crippen LogP contribution is 2.28. The molecular formula is C13H21FN2O2. The van der Waals surface area contributed by atoms with Crippen molar-refractivity contribution in [3.63, 3.8) is 0 Å². The Labute approximate surface area is 107 Å². The molecule has 0 amide bonds. The first-order valence-corrected chi connectivity index (χ1v) is 6.15. The van der Waals surface area contributed by atoms with Gasteiger partial charge in [-0.25, -0.2) is 4.39 Å². The Kier molecular flexibility index (Phi) is 5.71. The van der Waals surface area contributed by atoms with Crippen LogP contribution in [-0.4, -0.2) is 24.9 Å². The zero-order valence-electron chi connectivity index (χ0n) is 10.9. The smallest absolute Gasteiger partial charge is 0.167 e. The molecule has 1 unspecified atom stereocenters. The van der Waals surface area contributed by atoms with Gasteiger partial charge in [0.25, 0.3) is 0 Å². The van der Waals surface area contributed by atoms with Crippen LogP contribution in [0.5, 0.6) is 5.75 Å². The SMILES string of the molecule is CCCOc1cc(NCC(C)CO)c(N)cc1F. The fraction of sp³-hybridized carbons (Fsp3) is 0.538. The third kappa shape index (κ3) is 4.07. The van der Waals surface area contributed by atoms with Gasteiger partial charge in [-0.1, -0.05) is 13.8 Å². The molecule has 4 nitrogen and oxygen atoms in total. The Hall–Kier alpha value is -1.49. The summed E-state index contributed by atoms with van der Waals surface area (Å²) in [5.41, 5.74) is 6.69. The Bertz CT molecular complexity index is 385. The van der Waals surface area contributed by atoms with Gasteiger partial charge >= 0.3 is 0 Å². The van der Waals surface area contributed by atoms with E-state index in [2.05, 4.69) is 5.32 Å². The number of benzene rings is 1. The number of hydrogen-bond acceptors (Lipinski definition) is 4. The molecule has 1 aromatic carbocycles. The van der Waals surface area contributed by atoms with E-state index in [9.17, 15) is 4.39 Å². The number of rotatable bonds is 7. The van der Waals surface area contributed by atoms with E-state index in [4.69, 9.17) is 15.6 Å². The van der Waals surface area contributed by atoms with Gasteiger partial charge in [0.2, 0.25) is 0 Å². The normalized spacial score (nSPS) is 12.2. The summed E-state index contributed by atoms with van der Waals surface area (Å²) in [5, 5.41) is 12.0. The van der Waals surface area contributed by atoms with Crippen molar-refractivity contribution >= 4 is 11.4 Å². The molecule has 0 fully saturated rings. The maximum atomic E-state index is 13.5. The predicted molar refractivity (Wildman–Crippen MR) is 71.3 cm³/mol. The number of nitrogens with one attached hydrogen (secondary N) is 1. The zero-order chi connectivity index (χ0) is 13.5.